The molecule has 1 spiro atoms. The SMILES string of the molecule is CCc1cc(N2C(=S)N(c3ccc(C#N)c(C(F)(F)F)c3)C(=O)C23CCC3)ccc1OCCC1CCN(CC(=O)Nc2cc(NC3CCC(=O)NC3=O)ccc2F)CC1. The van der Waals surface area contributed by atoms with Gasteiger partial charge < -0.3 is 20.3 Å². The van der Waals surface area contributed by atoms with E-state index in [4.69, 9.17) is 17.0 Å². The van der Waals surface area contributed by atoms with Crippen LogP contribution in [0.2, 0.25) is 0 Å². The number of benzene rings is 3. The van der Waals surface area contributed by atoms with Crippen molar-refractivity contribution in [3.63, 3.8) is 0 Å². The number of nitriles is 1. The molecule has 1 saturated carbocycles. The van der Waals surface area contributed by atoms with E-state index in [9.17, 15) is 42.0 Å². The van der Waals surface area contributed by atoms with Gasteiger partial charge in [-0.25, -0.2) is 4.39 Å². The van der Waals surface area contributed by atoms with E-state index < -0.39 is 46.5 Å². The Balaban J connectivity index is 0.916. The number of piperidine rings is 2. The number of imide groups is 1. The minimum atomic E-state index is -4.79. The summed E-state index contributed by atoms with van der Waals surface area (Å²) < 4.78 is 62.4. The van der Waals surface area contributed by atoms with Crippen LogP contribution in [0, 0.1) is 23.1 Å². The zero-order valence-electron chi connectivity index (χ0n) is 32.3. The maximum atomic E-state index is 14.6. The number of carbonyl (C=O) groups is 4. The van der Waals surface area contributed by atoms with Crippen LogP contribution in [0.4, 0.5) is 40.3 Å². The number of carbonyl (C=O) groups excluding carboxylic acids is 4. The Bertz CT molecular complexity index is 2220. The first-order valence-corrected chi connectivity index (χ1v) is 20.1. The number of likely N-dealkylation sites (tertiary alicyclic amines) is 1. The summed E-state index contributed by atoms with van der Waals surface area (Å²) in [6.07, 6.45) is 0.554. The summed E-state index contributed by atoms with van der Waals surface area (Å²) >= 11 is 5.80. The van der Waals surface area contributed by atoms with Crippen LogP contribution in [0.15, 0.2) is 54.6 Å². The Labute approximate surface area is 343 Å². The monoisotopic (exact) mass is 833 g/mol. The molecule has 4 aliphatic rings. The van der Waals surface area contributed by atoms with Crippen LogP contribution in [0.3, 0.4) is 0 Å². The molecule has 3 N–H and O–H groups in total. The van der Waals surface area contributed by atoms with Crippen LogP contribution in [-0.2, 0) is 31.8 Å². The molecule has 3 heterocycles. The molecule has 0 aromatic heterocycles. The highest BCUT2D eigenvalue weighted by molar-refractivity contribution is 7.81. The average Bonchev–Trinajstić information content (AvgIpc) is 3.43. The van der Waals surface area contributed by atoms with E-state index in [1.54, 1.807) is 11.0 Å². The molecule has 7 rings (SSSR count). The van der Waals surface area contributed by atoms with E-state index in [2.05, 4.69) is 16.0 Å². The highest BCUT2D eigenvalue weighted by Gasteiger charge is 2.59. The van der Waals surface area contributed by atoms with Crippen LogP contribution < -0.4 is 30.5 Å². The summed E-state index contributed by atoms with van der Waals surface area (Å²) in [6, 6.07) is 13.8. The molecule has 3 aliphatic heterocycles. The van der Waals surface area contributed by atoms with Gasteiger partial charge in [-0.2, -0.15) is 18.4 Å². The lowest BCUT2D eigenvalue weighted by molar-refractivity contribution is -0.138. The first kappa shape index (κ1) is 41.6. The number of thiocarbonyl (C=S) groups is 1. The molecule has 3 aromatic rings. The maximum absolute atomic E-state index is 14.6. The van der Waals surface area contributed by atoms with Gasteiger partial charge in [-0.3, -0.25) is 34.3 Å². The Kier molecular flexibility index (Phi) is 11.9. The van der Waals surface area contributed by atoms with E-state index in [0.29, 0.717) is 68.4 Å². The number of rotatable bonds is 12. The smallest absolute Gasteiger partial charge is 0.417 e. The summed E-state index contributed by atoms with van der Waals surface area (Å²) in [6.45, 7) is 3.89. The number of hydrogen-bond acceptors (Lipinski definition) is 9. The molecule has 1 atom stereocenters. The fourth-order valence-electron chi connectivity index (χ4n) is 8.24. The zero-order chi connectivity index (χ0) is 42.1. The van der Waals surface area contributed by atoms with Gasteiger partial charge in [0, 0.05) is 17.8 Å². The number of ether oxygens (including phenoxy) is 1. The Hall–Kier alpha value is -5.60. The topological polar surface area (TPSA) is 147 Å². The Morgan fingerprint density at radius 2 is 1.78 bits per heavy atom. The lowest BCUT2D eigenvalue weighted by Gasteiger charge is -2.43. The molecule has 3 saturated heterocycles. The lowest BCUT2D eigenvalue weighted by Crippen LogP contribution is -2.55. The third-order valence-electron chi connectivity index (χ3n) is 11.6. The summed E-state index contributed by atoms with van der Waals surface area (Å²) in [5.41, 5.74) is -0.743. The van der Waals surface area contributed by atoms with Gasteiger partial charge in [-0.05, 0) is 143 Å². The van der Waals surface area contributed by atoms with E-state index in [-0.39, 0.29) is 41.3 Å². The normalized spacial score (nSPS) is 19.7. The molecule has 3 aromatic carbocycles. The number of aryl methyl sites for hydroxylation is 1. The van der Waals surface area contributed by atoms with Gasteiger partial charge in [0.1, 0.15) is 23.1 Å². The minimum absolute atomic E-state index is 0.00832. The van der Waals surface area contributed by atoms with Crippen molar-refractivity contribution >= 4 is 63.7 Å². The fourth-order valence-corrected chi connectivity index (χ4v) is 8.71. The fraction of sp³-hybridized carbons (Fsp3) is 0.429. The van der Waals surface area contributed by atoms with Crippen molar-refractivity contribution in [3.05, 3.63) is 77.1 Å². The van der Waals surface area contributed by atoms with E-state index in [1.165, 1.54) is 24.3 Å². The molecule has 12 nitrogen and oxygen atoms in total. The molecular weight excluding hydrogens is 791 g/mol. The third-order valence-corrected chi connectivity index (χ3v) is 12.0. The third kappa shape index (κ3) is 8.60. The van der Waals surface area contributed by atoms with Gasteiger partial charge in [-0.15, -0.1) is 0 Å². The zero-order valence-corrected chi connectivity index (χ0v) is 33.1. The molecule has 1 unspecified atom stereocenters. The van der Waals surface area contributed by atoms with Crippen molar-refractivity contribution in [2.45, 2.75) is 82.5 Å². The second-order valence-corrected chi connectivity index (χ2v) is 15.7. The van der Waals surface area contributed by atoms with Gasteiger partial charge >= 0.3 is 6.18 Å². The van der Waals surface area contributed by atoms with Gasteiger partial charge in [0.15, 0.2) is 5.11 Å². The molecule has 310 valence electrons. The van der Waals surface area contributed by atoms with Crippen LogP contribution in [-0.4, -0.2) is 71.5 Å². The standard InChI is InChI=1S/C42H43F4N7O5S/c1-2-26-20-30(53-40(59)52(39(57)41(53)15-3-16-41)29-6-4-27(23-47)31(22-29)42(44,45)46)7-10-35(26)58-19-14-25-12-17-51(18-13-25)24-37(55)49-34-21-28(5-8-32(34)43)48-33-9-11-36(54)50-38(33)56/h4-8,10,20-22,25,33,48H,2-3,9,11-19,24H2,1H3,(H,49,55)(H,50,54,56). The summed E-state index contributed by atoms with van der Waals surface area (Å²) in [7, 11) is 0. The number of halogens is 4. The second-order valence-electron chi connectivity index (χ2n) is 15.4. The number of alkyl halides is 3. The first-order chi connectivity index (χ1) is 28.2. The molecule has 4 amide bonds. The van der Waals surface area contributed by atoms with Crippen LogP contribution in [0.5, 0.6) is 5.75 Å². The number of nitrogens with zero attached hydrogens (tertiary/aromatic N) is 4. The molecule has 0 radical (unpaired) electrons. The highest BCUT2D eigenvalue weighted by atomic mass is 32.1. The van der Waals surface area contributed by atoms with E-state index >= 15 is 0 Å². The molecule has 1 aliphatic carbocycles. The van der Waals surface area contributed by atoms with E-state index in [1.807, 2.05) is 30.0 Å². The molecule has 17 heteroatoms. The number of anilines is 4. The van der Waals surface area contributed by atoms with Gasteiger partial charge in [0.25, 0.3) is 5.91 Å². The number of hydrogen-bond donors (Lipinski definition) is 3. The van der Waals surface area contributed by atoms with Gasteiger partial charge in [-0.1, -0.05) is 6.92 Å². The quantitative estimate of drug-likeness (QED) is 0.103. The lowest BCUT2D eigenvalue weighted by atomic mass is 9.75. The molecular formula is C42H43F4N7O5S. The molecule has 59 heavy (non-hydrogen) atoms. The number of nitrogens with one attached hydrogen (secondary N) is 3. The predicted octanol–water partition coefficient (Wildman–Crippen LogP) is 6.68. The minimum Gasteiger partial charge on any atom is -0.493 e. The maximum Gasteiger partial charge on any atom is 0.417 e. The average molecular weight is 834 g/mol. The predicted molar refractivity (Wildman–Crippen MR) is 215 cm³/mol. The van der Waals surface area contributed by atoms with Crippen molar-refractivity contribution in [2.24, 2.45) is 5.92 Å². The second kappa shape index (κ2) is 16.9. The van der Waals surface area contributed by atoms with Crippen molar-refractivity contribution in [2.75, 3.05) is 46.7 Å². The largest absolute Gasteiger partial charge is 0.493 e. The van der Waals surface area contributed by atoms with E-state index in [0.717, 1.165) is 48.3 Å². The van der Waals surface area contributed by atoms with Gasteiger partial charge in [0.2, 0.25) is 17.7 Å². The van der Waals surface area contributed by atoms with Gasteiger partial charge in [0.05, 0.1) is 41.7 Å². The summed E-state index contributed by atoms with van der Waals surface area (Å²) in [5, 5.41) is 17.3. The molecule has 4 fully saturated rings. The molecule has 0 bridgehead atoms. The number of amides is 4. The van der Waals surface area contributed by atoms with Crippen molar-refractivity contribution < 1.29 is 41.5 Å². The highest BCUT2D eigenvalue weighted by Crippen LogP contribution is 2.49. The van der Waals surface area contributed by atoms with Crippen molar-refractivity contribution in [1.29, 1.82) is 5.26 Å². The van der Waals surface area contributed by atoms with Crippen molar-refractivity contribution in [1.82, 2.24) is 10.2 Å². The van der Waals surface area contributed by atoms with Crippen LogP contribution in [0.25, 0.3) is 0 Å². The first-order valence-electron chi connectivity index (χ1n) is 19.7. The van der Waals surface area contributed by atoms with Crippen LogP contribution >= 0.6 is 12.2 Å². The van der Waals surface area contributed by atoms with Crippen molar-refractivity contribution in [3.8, 4) is 11.8 Å². The summed E-state index contributed by atoms with van der Waals surface area (Å²) in [5.74, 6) is -1.10. The Morgan fingerprint density at radius 3 is 2.44 bits per heavy atom. The summed E-state index contributed by atoms with van der Waals surface area (Å²) in [4.78, 5) is 55.3. The Morgan fingerprint density at radius 1 is 1.03 bits per heavy atom. The van der Waals surface area contributed by atoms with Crippen LogP contribution in [0.1, 0.15) is 75.0 Å².